The van der Waals surface area contributed by atoms with E-state index in [0.717, 1.165) is 36.3 Å². The number of carbonyl (C=O) groups is 1. The number of hydrogen-bond acceptors (Lipinski definition) is 2. The van der Waals surface area contributed by atoms with Crippen LogP contribution in [0.15, 0.2) is 24.4 Å². The molecule has 1 saturated carbocycles. The average molecular weight is 367 g/mol. The van der Waals surface area contributed by atoms with Crippen LogP contribution in [0.1, 0.15) is 51.1 Å². The molecule has 0 aliphatic heterocycles. The highest BCUT2D eigenvalue weighted by molar-refractivity contribution is 5.78. The van der Waals surface area contributed by atoms with Crippen LogP contribution in [0.4, 0.5) is 13.2 Å². The molecule has 1 N–H and O–H groups in total. The third-order valence-electron chi connectivity index (χ3n) is 5.01. The van der Waals surface area contributed by atoms with E-state index in [0.29, 0.717) is 17.7 Å². The summed E-state index contributed by atoms with van der Waals surface area (Å²) >= 11 is 0. The van der Waals surface area contributed by atoms with Crippen LogP contribution in [-0.4, -0.2) is 21.5 Å². The number of halogens is 3. The average Bonchev–Trinajstić information content (AvgIpc) is 2.94. The van der Waals surface area contributed by atoms with E-state index >= 15 is 0 Å². The Morgan fingerprint density at radius 1 is 1.35 bits per heavy atom. The van der Waals surface area contributed by atoms with Crippen molar-refractivity contribution < 1.29 is 18.0 Å². The third-order valence-corrected chi connectivity index (χ3v) is 5.01. The number of alkyl halides is 3. The molecule has 1 amide bonds. The number of carbonyl (C=O) groups excluding carboxylic acids is 1. The Morgan fingerprint density at radius 3 is 2.77 bits per heavy atom. The summed E-state index contributed by atoms with van der Waals surface area (Å²) in [6.45, 7) is 1.76. The van der Waals surface area contributed by atoms with Crippen molar-refractivity contribution in [2.24, 2.45) is 5.92 Å². The van der Waals surface area contributed by atoms with Crippen LogP contribution in [0.25, 0.3) is 11.0 Å². The molecule has 7 heteroatoms. The summed E-state index contributed by atoms with van der Waals surface area (Å²) in [5.41, 5.74) is -0.451. The standard InChI is InChI=1S/C19H24F3N3O/c1-13(24-17(26)10-14-6-3-2-4-7-14)12-25-16(19(20,21)22)11-15-8-5-9-23-18(15)25/h5,8-9,11,13-14H,2-4,6-7,10,12H2,1H3,(H,24,26)/t13-/m1/s1. The van der Waals surface area contributed by atoms with Crippen LogP contribution in [0.5, 0.6) is 0 Å². The molecule has 0 radical (unpaired) electrons. The van der Waals surface area contributed by atoms with Gasteiger partial charge in [-0.1, -0.05) is 19.3 Å². The molecule has 2 aromatic rings. The van der Waals surface area contributed by atoms with Gasteiger partial charge in [-0.05, 0) is 43.9 Å². The van der Waals surface area contributed by atoms with Gasteiger partial charge in [-0.15, -0.1) is 0 Å². The van der Waals surface area contributed by atoms with Crippen molar-refractivity contribution in [1.29, 1.82) is 0 Å². The second kappa shape index (κ2) is 7.68. The minimum Gasteiger partial charge on any atom is -0.352 e. The summed E-state index contributed by atoms with van der Waals surface area (Å²) in [5, 5.41) is 3.30. The van der Waals surface area contributed by atoms with Crippen molar-refractivity contribution in [3.05, 3.63) is 30.1 Å². The molecule has 4 nitrogen and oxygen atoms in total. The minimum absolute atomic E-state index is 0.0335. The van der Waals surface area contributed by atoms with E-state index < -0.39 is 17.9 Å². The molecule has 0 saturated heterocycles. The predicted octanol–water partition coefficient (Wildman–Crippen LogP) is 4.53. The molecule has 26 heavy (non-hydrogen) atoms. The number of fused-ring (bicyclic) bond motifs is 1. The lowest BCUT2D eigenvalue weighted by molar-refractivity contribution is -0.143. The number of amides is 1. The van der Waals surface area contributed by atoms with Gasteiger partial charge in [0.05, 0.1) is 0 Å². The number of rotatable bonds is 5. The van der Waals surface area contributed by atoms with Gasteiger partial charge in [0.2, 0.25) is 5.91 Å². The first-order valence-corrected chi connectivity index (χ1v) is 9.15. The summed E-state index contributed by atoms with van der Waals surface area (Å²) < 4.78 is 41.3. The highest BCUT2D eigenvalue weighted by Gasteiger charge is 2.36. The molecule has 1 fully saturated rings. The number of pyridine rings is 1. The maximum absolute atomic E-state index is 13.4. The molecule has 3 rings (SSSR count). The molecule has 0 bridgehead atoms. The Hall–Kier alpha value is -2.05. The zero-order valence-corrected chi connectivity index (χ0v) is 14.9. The van der Waals surface area contributed by atoms with E-state index in [9.17, 15) is 18.0 Å². The fourth-order valence-electron chi connectivity index (χ4n) is 3.81. The lowest BCUT2D eigenvalue weighted by atomic mass is 9.87. The van der Waals surface area contributed by atoms with E-state index in [2.05, 4.69) is 10.3 Å². The SMILES string of the molecule is C[C@H](Cn1c(C(F)(F)F)cc2cccnc21)NC(=O)CC1CCCCC1. The highest BCUT2D eigenvalue weighted by atomic mass is 19.4. The normalized spacial score (nSPS) is 17.4. The largest absolute Gasteiger partial charge is 0.431 e. The van der Waals surface area contributed by atoms with Crippen molar-refractivity contribution in [2.45, 2.75) is 64.2 Å². The summed E-state index contributed by atoms with van der Waals surface area (Å²) in [6.07, 6.45) is 3.13. The lowest BCUT2D eigenvalue weighted by Gasteiger charge is -2.23. The van der Waals surface area contributed by atoms with Gasteiger partial charge in [-0.25, -0.2) is 4.98 Å². The van der Waals surface area contributed by atoms with Crippen molar-refractivity contribution in [2.75, 3.05) is 0 Å². The maximum atomic E-state index is 13.4. The van der Waals surface area contributed by atoms with E-state index in [1.807, 2.05) is 0 Å². The van der Waals surface area contributed by atoms with E-state index in [4.69, 9.17) is 0 Å². The summed E-state index contributed by atoms with van der Waals surface area (Å²) in [4.78, 5) is 16.3. The summed E-state index contributed by atoms with van der Waals surface area (Å²) in [7, 11) is 0. The van der Waals surface area contributed by atoms with Gasteiger partial charge < -0.3 is 9.88 Å². The van der Waals surface area contributed by atoms with Crippen molar-refractivity contribution in [1.82, 2.24) is 14.9 Å². The van der Waals surface area contributed by atoms with Crippen LogP contribution in [0.3, 0.4) is 0 Å². The zero-order valence-electron chi connectivity index (χ0n) is 14.9. The smallest absolute Gasteiger partial charge is 0.352 e. The second-order valence-electron chi connectivity index (χ2n) is 7.23. The van der Waals surface area contributed by atoms with Gasteiger partial charge in [0, 0.05) is 30.6 Å². The van der Waals surface area contributed by atoms with Crippen LogP contribution in [0, 0.1) is 5.92 Å². The van der Waals surface area contributed by atoms with Crippen LogP contribution >= 0.6 is 0 Å². The first kappa shape index (κ1) is 18.7. The Labute approximate surface area is 150 Å². The van der Waals surface area contributed by atoms with Crippen molar-refractivity contribution in [3.63, 3.8) is 0 Å². The van der Waals surface area contributed by atoms with Crippen LogP contribution < -0.4 is 5.32 Å². The van der Waals surface area contributed by atoms with Gasteiger partial charge in [-0.2, -0.15) is 13.2 Å². The topological polar surface area (TPSA) is 46.9 Å². The predicted molar refractivity (Wildman–Crippen MR) is 93.5 cm³/mol. The van der Waals surface area contributed by atoms with Crippen LogP contribution in [0.2, 0.25) is 0 Å². The fraction of sp³-hybridized carbons (Fsp3) is 0.579. The first-order valence-electron chi connectivity index (χ1n) is 9.15. The molecule has 2 aromatic heterocycles. The summed E-state index contributed by atoms with van der Waals surface area (Å²) in [5.74, 6) is 0.318. The number of hydrogen-bond donors (Lipinski definition) is 1. The molecular formula is C19H24F3N3O. The Kier molecular flexibility index (Phi) is 5.53. The van der Waals surface area contributed by atoms with E-state index in [1.54, 1.807) is 19.1 Å². The van der Waals surface area contributed by atoms with E-state index in [1.165, 1.54) is 12.6 Å². The van der Waals surface area contributed by atoms with Crippen LogP contribution in [-0.2, 0) is 17.5 Å². The second-order valence-corrected chi connectivity index (χ2v) is 7.23. The quantitative estimate of drug-likeness (QED) is 0.844. The van der Waals surface area contributed by atoms with Crippen molar-refractivity contribution in [3.8, 4) is 0 Å². The lowest BCUT2D eigenvalue weighted by Crippen LogP contribution is -2.37. The molecule has 2 heterocycles. The molecule has 1 aliphatic rings. The molecule has 1 aliphatic carbocycles. The molecule has 0 unspecified atom stereocenters. The maximum Gasteiger partial charge on any atom is 0.431 e. The summed E-state index contributed by atoms with van der Waals surface area (Å²) in [6, 6.07) is 3.92. The number of nitrogens with zero attached hydrogens (tertiary/aromatic N) is 2. The fourth-order valence-corrected chi connectivity index (χ4v) is 3.81. The highest BCUT2D eigenvalue weighted by Crippen LogP contribution is 2.33. The molecule has 142 valence electrons. The van der Waals surface area contributed by atoms with E-state index in [-0.39, 0.29) is 18.1 Å². The van der Waals surface area contributed by atoms with Gasteiger partial charge in [0.1, 0.15) is 11.3 Å². The monoisotopic (exact) mass is 367 g/mol. The van der Waals surface area contributed by atoms with Gasteiger partial charge >= 0.3 is 6.18 Å². The molecule has 0 aromatic carbocycles. The van der Waals surface area contributed by atoms with Gasteiger partial charge in [0.25, 0.3) is 0 Å². The van der Waals surface area contributed by atoms with Crippen molar-refractivity contribution >= 4 is 16.9 Å². The Balaban J connectivity index is 1.70. The number of nitrogens with one attached hydrogen (secondary N) is 1. The Morgan fingerprint density at radius 2 is 2.08 bits per heavy atom. The van der Waals surface area contributed by atoms with Gasteiger partial charge in [-0.3, -0.25) is 4.79 Å². The minimum atomic E-state index is -4.47. The molecule has 0 spiro atoms. The first-order chi connectivity index (χ1) is 12.3. The van der Waals surface area contributed by atoms with Gasteiger partial charge in [0.15, 0.2) is 0 Å². The molecule has 1 atom stereocenters. The third kappa shape index (κ3) is 4.37. The number of aromatic nitrogens is 2. The zero-order chi connectivity index (χ0) is 18.7. The molecular weight excluding hydrogens is 343 g/mol. The Bertz CT molecular complexity index is 763.